The molecule has 0 saturated heterocycles. The largest absolute Gasteiger partial charge is 0.481 e. The third kappa shape index (κ3) is 4.89. The van der Waals surface area contributed by atoms with Gasteiger partial charge in [-0.25, -0.2) is 0 Å². The van der Waals surface area contributed by atoms with Crippen molar-refractivity contribution >= 4 is 28.6 Å². The van der Waals surface area contributed by atoms with Gasteiger partial charge in [-0.2, -0.15) is 0 Å². The second-order valence-corrected chi connectivity index (χ2v) is 6.85. The first-order chi connectivity index (χ1) is 13.8. The van der Waals surface area contributed by atoms with Gasteiger partial charge in [-0.05, 0) is 34.2 Å². The minimum Gasteiger partial charge on any atom is -0.481 e. The molecule has 3 aromatic rings. The highest BCUT2D eigenvalue weighted by Crippen LogP contribution is 2.32. The highest BCUT2D eigenvalue weighted by molar-refractivity contribution is 5.88. The predicted octanol–water partition coefficient (Wildman–Crippen LogP) is 3.25. The number of rotatable bonds is 9. The zero-order chi connectivity index (χ0) is 21.0. The van der Waals surface area contributed by atoms with Crippen molar-refractivity contribution in [1.29, 1.82) is 0 Å². The van der Waals surface area contributed by atoms with Crippen LogP contribution in [0.2, 0.25) is 0 Å². The van der Waals surface area contributed by atoms with Gasteiger partial charge in [0.2, 0.25) is 0 Å². The van der Waals surface area contributed by atoms with Gasteiger partial charge in [-0.15, -0.1) is 0 Å². The smallest absolute Gasteiger partial charge is 0.306 e. The van der Waals surface area contributed by atoms with Crippen LogP contribution in [0.4, 0.5) is 0 Å². The standard InChI is InChI=1S/C22H21NO6/c24-16(7-8-21(26)27)13-23-10-9-14-5-6-15(11-19(14)23)17-3-1-2-4-18(17)20(25)12-22(28)29/h1-6,9-11,20,25H,7-8,12-13H2,(H,26,27)(H,28,29). The van der Waals surface area contributed by atoms with Crippen LogP contribution < -0.4 is 0 Å². The number of carbonyl (C=O) groups excluding carboxylic acids is 1. The number of ketones is 1. The number of carboxylic acids is 2. The van der Waals surface area contributed by atoms with E-state index >= 15 is 0 Å². The van der Waals surface area contributed by atoms with Gasteiger partial charge >= 0.3 is 11.9 Å². The second-order valence-electron chi connectivity index (χ2n) is 6.85. The molecule has 1 atom stereocenters. The Morgan fingerprint density at radius 1 is 0.931 bits per heavy atom. The summed E-state index contributed by atoms with van der Waals surface area (Å²) >= 11 is 0. The van der Waals surface area contributed by atoms with E-state index in [1.54, 1.807) is 22.9 Å². The van der Waals surface area contributed by atoms with Crippen molar-refractivity contribution in [3.8, 4) is 11.1 Å². The van der Waals surface area contributed by atoms with Crippen molar-refractivity contribution in [2.45, 2.75) is 31.9 Å². The Morgan fingerprint density at radius 3 is 2.41 bits per heavy atom. The quantitative estimate of drug-likeness (QED) is 0.512. The van der Waals surface area contributed by atoms with Crippen LogP contribution in [0.15, 0.2) is 54.7 Å². The first kappa shape index (κ1) is 20.3. The summed E-state index contributed by atoms with van der Waals surface area (Å²) < 4.78 is 1.76. The summed E-state index contributed by atoms with van der Waals surface area (Å²) in [7, 11) is 0. The minimum absolute atomic E-state index is 0.0289. The van der Waals surface area contributed by atoms with E-state index in [1.807, 2.05) is 36.4 Å². The summed E-state index contributed by atoms with van der Waals surface area (Å²) in [6, 6.07) is 14.6. The molecule has 0 radical (unpaired) electrons. The fraction of sp³-hybridized carbons (Fsp3) is 0.227. The Balaban J connectivity index is 1.93. The number of fused-ring (bicyclic) bond motifs is 1. The normalized spacial score (nSPS) is 12.0. The molecular formula is C22H21NO6. The molecule has 0 aliphatic rings. The van der Waals surface area contributed by atoms with E-state index in [4.69, 9.17) is 10.2 Å². The third-order valence-corrected chi connectivity index (χ3v) is 4.74. The summed E-state index contributed by atoms with van der Waals surface area (Å²) in [5.41, 5.74) is 2.82. The van der Waals surface area contributed by atoms with E-state index in [-0.39, 0.29) is 25.2 Å². The Kier molecular flexibility index (Phi) is 6.09. The second kappa shape index (κ2) is 8.70. The molecule has 0 spiro atoms. The SMILES string of the molecule is O=C(O)CCC(=O)Cn1ccc2ccc(-c3ccccc3C(O)CC(=O)O)cc21. The van der Waals surface area contributed by atoms with Crippen LogP contribution in [0.25, 0.3) is 22.0 Å². The van der Waals surface area contributed by atoms with Gasteiger partial charge in [0, 0.05) is 18.1 Å². The van der Waals surface area contributed by atoms with Gasteiger partial charge in [0.05, 0.1) is 25.5 Å². The zero-order valence-corrected chi connectivity index (χ0v) is 15.6. The Labute approximate surface area is 166 Å². The van der Waals surface area contributed by atoms with Gasteiger partial charge in [0.25, 0.3) is 0 Å². The Bertz CT molecular complexity index is 1070. The Hall–Kier alpha value is -3.45. The van der Waals surface area contributed by atoms with Crippen molar-refractivity contribution in [3.63, 3.8) is 0 Å². The molecule has 2 aromatic carbocycles. The maximum absolute atomic E-state index is 12.1. The number of Topliss-reactive ketones (excluding diaryl/α,β-unsaturated/α-hetero) is 1. The number of carbonyl (C=O) groups is 3. The fourth-order valence-electron chi connectivity index (χ4n) is 3.33. The maximum atomic E-state index is 12.1. The van der Waals surface area contributed by atoms with Crippen LogP contribution in [0.1, 0.15) is 30.9 Å². The number of nitrogens with zero attached hydrogens (tertiary/aromatic N) is 1. The lowest BCUT2D eigenvalue weighted by Crippen LogP contribution is -2.11. The number of aliphatic hydroxyl groups excluding tert-OH is 1. The molecule has 3 N–H and O–H groups in total. The number of carboxylic acid groups (broad SMARTS) is 2. The molecule has 7 heteroatoms. The van der Waals surface area contributed by atoms with Crippen molar-refractivity contribution in [1.82, 2.24) is 4.57 Å². The monoisotopic (exact) mass is 395 g/mol. The predicted molar refractivity (Wildman–Crippen MR) is 106 cm³/mol. The summed E-state index contributed by atoms with van der Waals surface area (Å²) in [5, 5.41) is 28.9. The van der Waals surface area contributed by atoms with Gasteiger partial charge < -0.3 is 19.9 Å². The van der Waals surface area contributed by atoms with Gasteiger partial charge in [-0.3, -0.25) is 14.4 Å². The molecule has 0 aliphatic carbocycles. The average molecular weight is 395 g/mol. The lowest BCUT2D eigenvalue weighted by atomic mass is 9.94. The lowest BCUT2D eigenvalue weighted by molar-refractivity contribution is -0.139. The molecule has 0 amide bonds. The molecule has 0 bridgehead atoms. The topological polar surface area (TPSA) is 117 Å². The first-order valence-corrected chi connectivity index (χ1v) is 9.16. The first-order valence-electron chi connectivity index (χ1n) is 9.16. The summed E-state index contributed by atoms with van der Waals surface area (Å²) in [5.74, 6) is -2.27. The molecule has 0 saturated carbocycles. The van der Waals surface area contributed by atoms with Crippen LogP contribution in [0.3, 0.4) is 0 Å². The summed E-state index contributed by atoms with van der Waals surface area (Å²) in [4.78, 5) is 33.7. The molecule has 1 aromatic heterocycles. The van der Waals surface area contributed by atoms with Crippen LogP contribution in [-0.4, -0.2) is 37.6 Å². The minimum atomic E-state index is -1.14. The molecule has 7 nitrogen and oxygen atoms in total. The average Bonchev–Trinajstić information content (AvgIpc) is 3.08. The van der Waals surface area contributed by atoms with Crippen molar-refractivity contribution in [3.05, 3.63) is 60.3 Å². The number of aliphatic carboxylic acids is 2. The van der Waals surface area contributed by atoms with E-state index < -0.39 is 24.5 Å². The highest BCUT2D eigenvalue weighted by atomic mass is 16.4. The van der Waals surface area contributed by atoms with Crippen LogP contribution in [0.5, 0.6) is 0 Å². The number of aliphatic hydroxyl groups is 1. The van der Waals surface area contributed by atoms with E-state index in [9.17, 15) is 19.5 Å². The number of hydrogen-bond acceptors (Lipinski definition) is 4. The van der Waals surface area contributed by atoms with Crippen LogP contribution in [-0.2, 0) is 20.9 Å². The number of hydrogen-bond donors (Lipinski definition) is 3. The van der Waals surface area contributed by atoms with Crippen LogP contribution >= 0.6 is 0 Å². The number of aromatic nitrogens is 1. The van der Waals surface area contributed by atoms with E-state index in [1.165, 1.54) is 0 Å². The number of benzene rings is 2. The highest BCUT2D eigenvalue weighted by Gasteiger charge is 2.17. The molecular weight excluding hydrogens is 374 g/mol. The lowest BCUT2D eigenvalue weighted by Gasteiger charge is -2.15. The molecule has 29 heavy (non-hydrogen) atoms. The maximum Gasteiger partial charge on any atom is 0.306 e. The molecule has 0 aliphatic heterocycles. The van der Waals surface area contributed by atoms with Crippen LogP contribution in [0, 0.1) is 0 Å². The Morgan fingerprint density at radius 2 is 1.69 bits per heavy atom. The third-order valence-electron chi connectivity index (χ3n) is 4.74. The molecule has 1 unspecified atom stereocenters. The summed E-state index contributed by atoms with van der Waals surface area (Å²) in [6.45, 7) is 0.0729. The van der Waals surface area contributed by atoms with Gasteiger partial charge in [0.15, 0.2) is 5.78 Å². The van der Waals surface area contributed by atoms with E-state index in [0.717, 1.165) is 16.5 Å². The van der Waals surface area contributed by atoms with Crippen molar-refractivity contribution in [2.75, 3.05) is 0 Å². The molecule has 150 valence electrons. The molecule has 3 rings (SSSR count). The van der Waals surface area contributed by atoms with Gasteiger partial charge in [0.1, 0.15) is 0 Å². The van der Waals surface area contributed by atoms with Crippen molar-refractivity contribution in [2.24, 2.45) is 0 Å². The van der Waals surface area contributed by atoms with Gasteiger partial charge in [-0.1, -0.05) is 36.4 Å². The van der Waals surface area contributed by atoms with E-state index in [2.05, 4.69) is 0 Å². The molecule has 0 fully saturated rings. The van der Waals surface area contributed by atoms with Crippen molar-refractivity contribution < 1.29 is 29.7 Å². The fourth-order valence-corrected chi connectivity index (χ4v) is 3.33. The zero-order valence-electron chi connectivity index (χ0n) is 15.6. The van der Waals surface area contributed by atoms with E-state index in [0.29, 0.717) is 11.1 Å². The summed E-state index contributed by atoms with van der Waals surface area (Å²) in [6.07, 6.45) is 0.0204. The molecule has 1 heterocycles.